The number of nitrogens with zero attached hydrogens (tertiary/aromatic N) is 2. The lowest BCUT2D eigenvalue weighted by atomic mass is 10.4. The van der Waals surface area contributed by atoms with Crippen molar-refractivity contribution >= 4 is 17.7 Å². The Morgan fingerprint density at radius 2 is 2.00 bits per heavy atom. The third-order valence-electron chi connectivity index (χ3n) is 2.08. The zero-order valence-electron chi connectivity index (χ0n) is 10.3. The topological polar surface area (TPSA) is 37.8 Å². The fraction of sp³-hybridized carbons (Fsp3) is 0.636. The zero-order valence-corrected chi connectivity index (χ0v) is 11.2. The van der Waals surface area contributed by atoms with E-state index in [9.17, 15) is 13.2 Å². The van der Waals surface area contributed by atoms with Crippen molar-refractivity contribution in [2.45, 2.75) is 37.9 Å². The van der Waals surface area contributed by atoms with Crippen LogP contribution in [-0.4, -0.2) is 22.3 Å². The normalized spacial score (nSPS) is 11.6. The number of halogens is 3. The van der Waals surface area contributed by atoms with Gasteiger partial charge < -0.3 is 5.32 Å². The molecule has 0 fully saturated rings. The molecular weight excluding hydrogens is 263 g/mol. The standard InChI is InChI=1S/C11H16F3N3S/c1-3-5-6-18-9-7-8(11(12,13)14)16-10(17-9)15-4-2/h7H,3-6H2,1-2H3,(H,15,16,17). The van der Waals surface area contributed by atoms with Crippen molar-refractivity contribution in [1.82, 2.24) is 9.97 Å². The summed E-state index contributed by atoms with van der Waals surface area (Å²) in [4.78, 5) is 7.51. The molecule has 1 N–H and O–H groups in total. The summed E-state index contributed by atoms with van der Waals surface area (Å²) in [5, 5.41) is 3.08. The molecule has 1 aromatic heterocycles. The quantitative estimate of drug-likeness (QED) is 0.488. The van der Waals surface area contributed by atoms with Crippen molar-refractivity contribution in [3.63, 3.8) is 0 Å². The fourth-order valence-corrected chi connectivity index (χ4v) is 2.19. The van der Waals surface area contributed by atoms with Crippen LogP contribution in [-0.2, 0) is 6.18 Å². The van der Waals surface area contributed by atoms with E-state index in [1.165, 1.54) is 11.8 Å². The summed E-state index contributed by atoms with van der Waals surface area (Å²) in [6.45, 7) is 4.31. The molecule has 0 saturated carbocycles. The number of unbranched alkanes of at least 4 members (excludes halogenated alkanes) is 1. The predicted octanol–water partition coefficient (Wildman–Crippen LogP) is 3.82. The van der Waals surface area contributed by atoms with Crippen LogP contribution in [0.5, 0.6) is 0 Å². The number of nitrogens with one attached hydrogen (secondary N) is 1. The minimum absolute atomic E-state index is 0.0336. The van der Waals surface area contributed by atoms with Gasteiger partial charge in [0.1, 0.15) is 5.03 Å². The van der Waals surface area contributed by atoms with Crippen molar-refractivity contribution < 1.29 is 13.2 Å². The Morgan fingerprint density at radius 3 is 2.56 bits per heavy atom. The van der Waals surface area contributed by atoms with Crippen LogP contribution in [0.1, 0.15) is 32.4 Å². The van der Waals surface area contributed by atoms with Gasteiger partial charge in [0, 0.05) is 12.6 Å². The summed E-state index contributed by atoms with van der Waals surface area (Å²) in [7, 11) is 0. The molecule has 0 radical (unpaired) electrons. The molecule has 0 saturated heterocycles. The van der Waals surface area contributed by atoms with E-state index < -0.39 is 11.9 Å². The zero-order chi connectivity index (χ0) is 13.6. The Labute approximate surface area is 109 Å². The fourth-order valence-electron chi connectivity index (χ4n) is 1.20. The molecule has 0 atom stereocenters. The lowest BCUT2D eigenvalue weighted by molar-refractivity contribution is -0.141. The van der Waals surface area contributed by atoms with Crippen molar-refractivity contribution in [2.75, 3.05) is 17.6 Å². The van der Waals surface area contributed by atoms with Gasteiger partial charge in [0.05, 0.1) is 0 Å². The first-order valence-electron chi connectivity index (χ1n) is 5.80. The monoisotopic (exact) mass is 279 g/mol. The summed E-state index contributed by atoms with van der Waals surface area (Å²) in [6, 6.07) is 1.00. The van der Waals surface area contributed by atoms with E-state index in [1.54, 1.807) is 6.92 Å². The number of aromatic nitrogens is 2. The van der Waals surface area contributed by atoms with Crippen LogP contribution in [0.15, 0.2) is 11.1 Å². The van der Waals surface area contributed by atoms with Crippen LogP contribution in [0.3, 0.4) is 0 Å². The second kappa shape index (κ2) is 6.82. The highest BCUT2D eigenvalue weighted by Gasteiger charge is 2.33. The molecule has 0 spiro atoms. The van der Waals surface area contributed by atoms with E-state index in [4.69, 9.17) is 0 Å². The molecule has 3 nitrogen and oxygen atoms in total. The Kier molecular flexibility index (Phi) is 5.71. The maximum absolute atomic E-state index is 12.6. The Balaban J connectivity index is 2.91. The van der Waals surface area contributed by atoms with Gasteiger partial charge in [0.25, 0.3) is 0 Å². The highest BCUT2D eigenvalue weighted by molar-refractivity contribution is 7.99. The number of rotatable bonds is 6. The van der Waals surface area contributed by atoms with Gasteiger partial charge in [0.15, 0.2) is 5.69 Å². The Bertz CT molecular complexity index is 382. The maximum atomic E-state index is 12.6. The predicted molar refractivity (Wildman–Crippen MR) is 66.8 cm³/mol. The van der Waals surface area contributed by atoms with E-state index in [1.807, 2.05) is 6.92 Å². The molecule has 7 heteroatoms. The SMILES string of the molecule is CCCCSc1cc(C(F)(F)F)nc(NCC)n1. The average molecular weight is 279 g/mol. The van der Waals surface area contributed by atoms with Crippen LogP contribution in [0.25, 0.3) is 0 Å². The van der Waals surface area contributed by atoms with Gasteiger partial charge in [-0.1, -0.05) is 13.3 Å². The van der Waals surface area contributed by atoms with Crippen LogP contribution in [0, 0.1) is 0 Å². The van der Waals surface area contributed by atoms with Gasteiger partial charge in [-0.15, -0.1) is 11.8 Å². The van der Waals surface area contributed by atoms with E-state index in [-0.39, 0.29) is 5.95 Å². The molecule has 0 aliphatic rings. The first kappa shape index (κ1) is 15.1. The number of thioether (sulfide) groups is 1. The molecule has 1 rings (SSSR count). The number of alkyl halides is 3. The summed E-state index contributed by atoms with van der Waals surface area (Å²) in [6.07, 6.45) is -2.48. The largest absolute Gasteiger partial charge is 0.433 e. The van der Waals surface area contributed by atoms with Crippen LogP contribution < -0.4 is 5.32 Å². The van der Waals surface area contributed by atoms with Crippen molar-refractivity contribution in [2.24, 2.45) is 0 Å². The smallest absolute Gasteiger partial charge is 0.354 e. The third kappa shape index (κ3) is 4.72. The minimum Gasteiger partial charge on any atom is -0.354 e. The molecule has 0 bridgehead atoms. The Hall–Kier alpha value is -0.980. The second-order valence-electron chi connectivity index (χ2n) is 3.65. The lowest BCUT2D eigenvalue weighted by Gasteiger charge is -2.10. The number of hydrogen-bond acceptors (Lipinski definition) is 4. The third-order valence-corrected chi connectivity index (χ3v) is 3.07. The molecule has 1 heterocycles. The molecule has 0 aromatic carbocycles. The van der Waals surface area contributed by atoms with Gasteiger partial charge in [-0.2, -0.15) is 13.2 Å². The Morgan fingerprint density at radius 1 is 1.28 bits per heavy atom. The summed E-state index contributed by atoms with van der Waals surface area (Å²) in [5.41, 5.74) is -0.896. The molecule has 1 aromatic rings. The van der Waals surface area contributed by atoms with Gasteiger partial charge in [-0.05, 0) is 19.1 Å². The molecule has 0 amide bonds. The van der Waals surface area contributed by atoms with Gasteiger partial charge in [-0.3, -0.25) is 0 Å². The summed E-state index contributed by atoms with van der Waals surface area (Å²) in [5.74, 6) is 0.794. The molecule has 102 valence electrons. The van der Waals surface area contributed by atoms with Crippen molar-refractivity contribution in [1.29, 1.82) is 0 Å². The first-order valence-corrected chi connectivity index (χ1v) is 6.78. The lowest BCUT2D eigenvalue weighted by Crippen LogP contribution is -2.12. The van der Waals surface area contributed by atoms with Crippen LogP contribution in [0.2, 0.25) is 0 Å². The van der Waals surface area contributed by atoms with E-state index in [0.29, 0.717) is 11.6 Å². The van der Waals surface area contributed by atoms with Gasteiger partial charge >= 0.3 is 6.18 Å². The van der Waals surface area contributed by atoms with Gasteiger partial charge in [0.2, 0.25) is 5.95 Å². The van der Waals surface area contributed by atoms with Crippen molar-refractivity contribution in [3.8, 4) is 0 Å². The first-order chi connectivity index (χ1) is 8.47. The van der Waals surface area contributed by atoms with Crippen molar-refractivity contribution in [3.05, 3.63) is 11.8 Å². The maximum Gasteiger partial charge on any atom is 0.433 e. The van der Waals surface area contributed by atoms with Crippen LogP contribution in [0.4, 0.5) is 19.1 Å². The van der Waals surface area contributed by atoms with Gasteiger partial charge in [-0.25, -0.2) is 9.97 Å². The molecule has 0 aliphatic carbocycles. The highest BCUT2D eigenvalue weighted by atomic mass is 32.2. The minimum atomic E-state index is -4.44. The highest BCUT2D eigenvalue weighted by Crippen LogP contribution is 2.31. The summed E-state index contributed by atoms with van der Waals surface area (Å²) >= 11 is 1.32. The number of anilines is 1. The molecule has 18 heavy (non-hydrogen) atoms. The second-order valence-corrected chi connectivity index (χ2v) is 4.76. The average Bonchev–Trinajstić information content (AvgIpc) is 2.28. The van der Waals surface area contributed by atoms with E-state index >= 15 is 0 Å². The molecule has 0 aliphatic heterocycles. The van der Waals surface area contributed by atoms with E-state index in [2.05, 4.69) is 15.3 Å². The van der Waals surface area contributed by atoms with E-state index in [0.717, 1.165) is 24.7 Å². The molecule has 0 unspecified atom stereocenters. The van der Waals surface area contributed by atoms with Crippen LogP contribution >= 0.6 is 11.8 Å². The number of hydrogen-bond donors (Lipinski definition) is 1. The summed E-state index contributed by atoms with van der Waals surface area (Å²) < 4.78 is 37.9. The molecular formula is C11H16F3N3S.